The van der Waals surface area contributed by atoms with Gasteiger partial charge in [0.05, 0.1) is 0 Å². The van der Waals surface area contributed by atoms with Crippen LogP contribution in [-0.2, 0) is 6.42 Å². The Morgan fingerprint density at radius 3 is 2.82 bits per heavy atom. The molecule has 2 rings (SSSR count). The molecule has 1 aliphatic rings. The van der Waals surface area contributed by atoms with Crippen LogP contribution in [0, 0.1) is 0 Å². The van der Waals surface area contributed by atoms with E-state index in [9.17, 15) is 0 Å². The molecule has 0 fully saturated rings. The molecule has 1 heterocycles. The molecule has 1 aromatic carbocycles. The minimum Gasteiger partial charge on any atom is -0.362 e. The van der Waals surface area contributed by atoms with Crippen molar-refractivity contribution in [2.45, 2.75) is 13.3 Å². The first-order chi connectivity index (χ1) is 8.22. The number of fused-ring (bicyclic) bond motifs is 1. The van der Waals surface area contributed by atoms with E-state index in [1.54, 1.807) is 6.08 Å². The van der Waals surface area contributed by atoms with Crippen LogP contribution in [0.3, 0.4) is 0 Å². The summed E-state index contributed by atoms with van der Waals surface area (Å²) >= 11 is 0. The van der Waals surface area contributed by atoms with Crippen molar-refractivity contribution in [1.82, 2.24) is 5.32 Å². The second kappa shape index (κ2) is 4.88. The third-order valence-electron chi connectivity index (χ3n) is 2.88. The molecule has 1 N–H and O–H groups in total. The standard InChI is InChI=1S/C16H17N/c1-4-5-9-15-13(3)17-12(2)11-14-8-6-7-10-16(14)15/h4-10,17H,1-2,11H2,3H3/b9-5-. The molecule has 17 heavy (non-hydrogen) atoms. The Morgan fingerprint density at radius 2 is 2.06 bits per heavy atom. The fourth-order valence-corrected chi connectivity index (χ4v) is 2.12. The van der Waals surface area contributed by atoms with Crippen LogP contribution in [-0.4, -0.2) is 0 Å². The van der Waals surface area contributed by atoms with E-state index < -0.39 is 0 Å². The monoisotopic (exact) mass is 223 g/mol. The minimum atomic E-state index is 0.874. The van der Waals surface area contributed by atoms with Crippen LogP contribution in [0.25, 0.3) is 5.57 Å². The zero-order chi connectivity index (χ0) is 12.3. The number of nitrogens with one attached hydrogen (secondary N) is 1. The summed E-state index contributed by atoms with van der Waals surface area (Å²) in [6.45, 7) is 9.85. The van der Waals surface area contributed by atoms with Crippen molar-refractivity contribution in [3.05, 3.63) is 78.2 Å². The third kappa shape index (κ3) is 2.39. The summed E-state index contributed by atoms with van der Waals surface area (Å²) in [4.78, 5) is 0. The number of hydrogen-bond donors (Lipinski definition) is 1. The van der Waals surface area contributed by atoms with Gasteiger partial charge in [-0.05, 0) is 18.1 Å². The molecule has 0 saturated heterocycles. The minimum absolute atomic E-state index is 0.874. The van der Waals surface area contributed by atoms with E-state index in [2.05, 4.69) is 55.7 Å². The van der Waals surface area contributed by atoms with Crippen LogP contribution in [0.1, 0.15) is 18.1 Å². The maximum absolute atomic E-state index is 4.05. The molecule has 0 radical (unpaired) electrons. The predicted octanol–water partition coefficient (Wildman–Crippen LogP) is 3.82. The van der Waals surface area contributed by atoms with Gasteiger partial charge in [0.15, 0.2) is 0 Å². The van der Waals surface area contributed by atoms with Crippen molar-refractivity contribution in [2.24, 2.45) is 0 Å². The van der Waals surface area contributed by atoms with E-state index in [0.29, 0.717) is 0 Å². The van der Waals surface area contributed by atoms with Crippen LogP contribution < -0.4 is 5.32 Å². The molecule has 0 saturated carbocycles. The summed E-state index contributed by atoms with van der Waals surface area (Å²) in [7, 11) is 0. The molecule has 1 nitrogen and oxygen atoms in total. The van der Waals surface area contributed by atoms with E-state index >= 15 is 0 Å². The maximum Gasteiger partial charge on any atom is 0.0196 e. The first-order valence-corrected chi connectivity index (χ1v) is 5.75. The lowest BCUT2D eigenvalue weighted by Gasteiger charge is -2.08. The van der Waals surface area contributed by atoms with Gasteiger partial charge in [-0.15, -0.1) is 0 Å². The third-order valence-corrected chi connectivity index (χ3v) is 2.88. The van der Waals surface area contributed by atoms with Gasteiger partial charge in [0.1, 0.15) is 0 Å². The van der Waals surface area contributed by atoms with Crippen LogP contribution in [0.2, 0.25) is 0 Å². The van der Waals surface area contributed by atoms with Gasteiger partial charge in [-0.25, -0.2) is 0 Å². The highest BCUT2D eigenvalue weighted by molar-refractivity contribution is 5.79. The molecule has 86 valence electrons. The quantitative estimate of drug-likeness (QED) is 0.752. The average Bonchev–Trinajstić information content (AvgIpc) is 2.42. The van der Waals surface area contributed by atoms with Crippen LogP contribution in [0.5, 0.6) is 0 Å². The van der Waals surface area contributed by atoms with Crippen molar-refractivity contribution in [3.8, 4) is 0 Å². The topological polar surface area (TPSA) is 12.0 Å². The SMILES string of the molecule is C=C/C=C\C1=C(C)NC(=C)Cc2ccccc21. The van der Waals surface area contributed by atoms with Crippen LogP contribution >= 0.6 is 0 Å². The van der Waals surface area contributed by atoms with Crippen molar-refractivity contribution in [2.75, 3.05) is 0 Å². The van der Waals surface area contributed by atoms with E-state index in [1.807, 2.05) is 6.08 Å². The fourth-order valence-electron chi connectivity index (χ4n) is 2.12. The van der Waals surface area contributed by atoms with Gasteiger partial charge in [-0.2, -0.15) is 0 Å². The molecule has 0 bridgehead atoms. The number of allylic oxidation sites excluding steroid dienone is 6. The predicted molar refractivity (Wildman–Crippen MR) is 74.4 cm³/mol. The lowest BCUT2D eigenvalue weighted by molar-refractivity contribution is 0.933. The van der Waals surface area contributed by atoms with Gasteiger partial charge in [0.2, 0.25) is 0 Å². The van der Waals surface area contributed by atoms with Crippen molar-refractivity contribution in [3.63, 3.8) is 0 Å². The summed E-state index contributed by atoms with van der Waals surface area (Å²) in [5.41, 5.74) is 5.97. The Labute approximate surface area is 103 Å². The lowest BCUT2D eigenvalue weighted by Crippen LogP contribution is -2.09. The Balaban J connectivity index is 2.59. The van der Waals surface area contributed by atoms with Crippen molar-refractivity contribution >= 4 is 5.57 Å². The Hall–Kier alpha value is -2.02. The highest BCUT2D eigenvalue weighted by atomic mass is 14.9. The molecule has 1 aliphatic heterocycles. The summed E-state index contributed by atoms with van der Waals surface area (Å²) in [6.07, 6.45) is 6.72. The Morgan fingerprint density at radius 1 is 1.29 bits per heavy atom. The molecule has 1 aromatic rings. The zero-order valence-electron chi connectivity index (χ0n) is 10.2. The molecule has 0 unspecified atom stereocenters. The summed E-state index contributed by atoms with van der Waals surface area (Å²) in [5, 5.41) is 3.35. The molecule has 1 heteroatoms. The molecule has 0 aromatic heterocycles. The van der Waals surface area contributed by atoms with Gasteiger partial charge in [-0.1, -0.05) is 55.7 Å². The summed E-state index contributed by atoms with van der Waals surface area (Å²) in [5.74, 6) is 0. The van der Waals surface area contributed by atoms with E-state index in [4.69, 9.17) is 0 Å². The molecule has 0 atom stereocenters. The fraction of sp³-hybridized carbons (Fsp3) is 0.125. The number of rotatable bonds is 2. The Bertz CT molecular complexity index is 518. The highest BCUT2D eigenvalue weighted by Crippen LogP contribution is 2.27. The first kappa shape index (κ1) is 11.5. The van der Waals surface area contributed by atoms with Gasteiger partial charge in [-0.3, -0.25) is 0 Å². The summed E-state index contributed by atoms with van der Waals surface area (Å²) < 4.78 is 0. The lowest BCUT2D eigenvalue weighted by atomic mass is 9.97. The largest absolute Gasteiger partial charge is 0.362 e. The molecule has 0 aliphatic carbocycles. The van der Waals surface area contributed by atoms with Crippen LogP contribution in [0.4, 0.5) is 0 Å². The van der Waals surface area contributed by atoms with Gasteiger partial charge >= 0.3 is 0 Å². The smallest absolute Gasteiger partial charge is 0.0196 e. The number of benzene rings is 1. The first-order valence-electron chi connectivity index (χ1n) is 5.75. The highest BCUT2D eigenvalue weighted by Gasteiger charge is 2.13. The maximum atomic E-state index is 4.05. The summed E-state index contributed by atoms with van der Waals surface area (Å²) in [6, 6.07) is 8.45. The van der Waals surface area contributed by atoms with Gasteiger partial charge in [0.25, 0.3) is 0 Å². The van der Waals surface area contributed by atoms with E-state index in [1.165, 1.54) is 16.7 Å². The second-order valence-corrected chi connectivity index (χ2v) is 4.20. The van der Waals surface area contributed by atoms with Gasteiger partial charge < -0.3 is 5.32 Å². The zero-order valence-corrected chi connectivity index (χ0v) is 10.2. The Kier molecular flexibility index (Phi) is 3.29. The average molecular weight is 223 g/mol. The van der Waals surface area contributed by atoms with Crippen LogP contribution in [0.15, 0.2) is 67.0 Å². The molecular formula is C16H17N. The van der Waals surface area contributed by atoms with E-state index in [0.717, 1.165) is 17.8 Å². The van der Waals surface area contributed by atoms with Crippen molar-refractivity contribution in [1.29, 1.82) is 0 Å². The molecule has 0 spiro atoms. The van der Waals surface area contributed by atoms with E-state index in [-0.39, 0.29) is 0 Å². The van der Waals surface area contributed by atoms with Gasteiger partial charge in [0, 0.05) is 23.4 Å². The van der Waals surface area contributed by atoms with Crippen molar-refractivity contribution < 1.29 is 0 Å². The normalized spacial score (nSPS) is 15.5. The second-order valence-electron chi connectivity index (χ2n) is 4.20. The number of hydrogen-bond acceptors (Lipinski definition) is 1. The molecular weight excluding hydrogens is 206 g/mol. The molecule has 0 amide bonds.